The molecule has 0 aliphatic carbocycles. The van der Waals surface area contributed by atoms with Gasteiger partial charge in [-0.05, 0) is 36.8 Å². The number of nitrogens with zero attached hydrogens (tertiary/aromatic N) is 2. The molecule has 0 bridgehead atoms. The number of hydrogen-bond acceptors (Lipinski definition) is 2. The molecule has 19 heavy (non-hydrogen) atoms. The monoisotopic (exact) mass is 255 g/mol. The fourth-order valence-electron chi connectivity index (χ4n) is 2.35. The summed E-state index contributed by atoms with van der Waals surface area (Å²) in [5.41, 5.74) is 8.85. The second-order valence-electron chi connectivity index (χ2n) is 4.51. The highest BCUT2D eigenvalue weighted by atomic mass is 19.1. The van der Waals surface area contributed by atoms with Gasteiger partial charge in [0, 0.05) is 11.8 Å². The van der Waals surface area contributed by atoms with Gasteiger partial charge < -0.3 is 10.3 Å². The van der Waals surface area contributed by atoms with Crippen LogP contribution in [0.4, 0.5) is 4.39 Å². The Morgan fingerprint density at radius 2 is 2.11 bits per heavy atom. The lowest BCUT2D eigenvalue weighted by atomic mass is 10.0. The molecule has 0 radical (unpaired) electrons. The summed E-state index contributed by atoms with van der Waals surface area (Å²) in [5.74, 6) is 0.361. The first kappa shape index (κ1) is 11.7. The van der Waals surface area contributed by atoms with Crippen LogP contribution in [0.1, 0.15) is 16.8 Å². The van der Waals surface area contributed by atoms with Crippen LogP contribution in [0.5, 0.6) is 0 Å². The number of rotatable bonds is 1. The number of halogens is 1. The third-order valence-corrected chi connectivity index (χ3v) is 3.28. The number of aromatic nitrogens is 1. The molecule has 2 heterocycles. The molecule has 0 unspecified atom stereocenters. The van der Waals surface area contributed by atoms with Gasteiger partial charge in [-0.15, -0.1) is 0 Å². The fraction of sp³-hybridized carbons (Fsp3) is 0.133. The number of hydrogen-bond donors (Lipinski definition) is 1. The Balaban J connectivity index is 2.24. The van der Waals surface area contributed by atoms with E-state index >= 15 is 0 Å². The zero-order valence-corrected chi connectivity index (χ0v) is 10.6. The number of aryl methyl sites for hydroxylation is 1. The maximum atomic E-state index is 14.1. The van der Waals surface area contributed by atoms with Crippen LogP contribution in [0.3, 0.4) is 0 Å². The first-order valence-electron chi connectivity index (χ1n) is 6.12. The average molecular weight is 255 g/mol. The Morgan fingerprint density at radius 1 is 1.26 bits per heavy atom. The van der Waals surface area contributed by atoms with Gasteiger partial charge >= 0.3 is 0 Å². The van der Waals surface area contributed by atoms with Gasteiger partial charge in [0.1, 0.15) is 11.6 Å². The average Bonchev–Trinajstić information content (AvgIpc) is 2.80. The standard InChI is InChI=1S/C15H14FN3/c1-10-4-2-5-11(16)14(10)15-12-6-3-9-19(12)13(17)7-8-18-15/h2-7,9H,8,17H2,1H3. The van der Waals surface area contributed by atoms with Crippen LogP contribution in [0.15, 0.2) is 47.6 Å². The van der Waals surface area contributed by atoms with Crippen LogP contribution in [-0.4, -0.2) is 16.8 Å². The Kier molecular flexibility index (Phi) is 2.71. The summed E-state index contributed by atoms with van der Waals surface area (Å²) >= 11 is 0. The smallest absolute Gasteiger partial charge is 0.132 e. The van der Waals surface area contributed by atoms with Gasteiger partial charge in [0.25, 0.3) is 0 Å². The van der Waals surface area contributed by atoms with Gasteiger partial charge in [0.2, 0.25) is 0 Å². The molecule has 0 atom stereocenters. The van der Waals surface area contributed by atoms with Crippen molar-refractivity contribution in [1.29, 1.82) is 0 Å². The number of benzene rings is 1. The maximum Gasteiger partial charge on any atom is 0.132 e. The normalized spacial score (nSPS) is 14.4. The van der Waals surface area contributed by atoms with Crippen molar-refractivity contribution in [2.45, 2.75) is 6.92 Å². The molecular formula is C15H14FN3. The van der Waals surface area contributed by atoms with E-state index in [-0.39, 0.29) is 5.82 Å². The quantitative estimate of drug-likeness (QED) is 0.836. The molecule has 0 saturated heterocycles. The minimum Gasteiger partial charge on any atom is -0.385 e. The topological polar surface area (TPSA) is 43.3 Å². The van der Waals surface area contributed by atoms with Crippen LogP contribution < -0.4 is 5.73 Å². The highest BCUT2D eigenvalue weighted by Gasteiger charge is 2.19. The second-order valence-corrected chi connectivity index (χ2v) is 4.51. The SMILES string of the molecule is Cc1cccc(F)c1C1=NCC=C(N)n2cccc21. The van der Waals surface area contributed by atoms with Crippen molar-refractivity contribution in [2.24, 2.45) is 10.7 Å². The summed E-state index contributed by atoms with van der Waals surface area (Å²) in [6.07, 6.45) is 3.69. The molecule has 1 aliphatic heterocycles. The van der Waals surface area contributed by atoms with E-state index in [2.05, 4.69) is 4.99 Å². The van der Waals surface area contributed by atoms with Gasteiger partial charge in [0.05, 0.1) is 18.0 Å². The Bertz CT molecular complexity index is 675. The molecule has 1 aromatic carbocycles. The zero-order valence-electron chi connectivity index (χ0n) is 10.6. The van der Waals surface area contributed by atoms with E-state index in [4.69, 9.17) is 5.73 Å². The molecule has 96 valence electrons. The second kappa shape index (κ2) is 4.39. The molecule has 3 rings (SSSR count). The molecule has 2 aromatic rings. The maximum absolute atomic E-state index is 14.1. The largest absolute Gasteiger partial charge is 0.385 e. The van der Waals surface area contributed by atoms with Crippen molar-refractivity contribution in [3.63, 3.8) is 0 Å². The summed E-state index contributed by atoms with van der Waals surface area (Å²) in [5, 5.41) is 0. The molecule has 2 N–H and O–H groups in total. The van der Waals surface area contributed by atoms with Gasteiger partial charge in [0.15, 0.2) is 0 Å². The van der Waals surface area contributed by atoms with Crippen molar-refractivity contribution in [2.75, 3.05) is 6.54 Å². The lowest BCUT2D eigenvalue weighted by Gasteiger charge is -2.12. The first-order valence-corrected chi connectivity index (χ1v) is 6.12. The van der Waals surface area contributed by atoms with Crippen molar-refractivity contribution < 1.29 is 4.39 Å². The molecule has 1 aromatic heterocycles. The van der Waals surface area contributed by atoms with E-state index in [9.17, 15) is 4.39 Å². The number of aliphatic imine (C=N–C) groups is 1. The molecular weight excluding hydrogens is 241 g/mol. The lowest BCUT2D eigenvalue weighted by molar-refractivity contribution is 0.624. The third kappa shape index (κ3) is 1.85. The van der Waals surface area contributed by atoms with Crippen LogP contribution in [0.2, 0.25) is 0 Å². The van der Waals surface area contributed by atoms with E-state index in [0.717, 1.165) is 11.3 Å². The van der Waals surface area contributed by atoms with E-state index < -0.39 is 0 Å². The van der Waals surface area contributed by atoms with Gasteiger partial charge in [-0.1, -0.05) is 12.1 Å². The molecule has 0 saturated carbocycles. The van der Waals surface area contributed by atoms with E-state index in [1.165, 1.54) is 6.07 Å². The van der Waals surface area contributed by atoms with E-state index in [0.29, 0.717) is 23.6 Å². The number of nitrogens with two attached hydrogens (primary N) is 1. The van der Waals surface area contributed by atoms with Crippen molar-refractivity contribution in [3.05, 3.63) is 65.2 Å². The minimum atomic E-state index is -0.257. The Hall–Kier alpha value is -2.36. The molecule has 1 aliphatic rings. The molecule has 0 amide bonds. The van der Waals surface area contributed by atoms with Crippen LogP contribution in [-0.2, 0) is 0 Å². The fourth-order valence-corrected chi connectivity index (χ4v) is 2.35. The number of fused-ring (bicyclic) bond motifs is 1. The highest BCUT2D eigenvalue weighted by Crippen LogP contribution is 2.21. The van der Waals surface area contributed by atoms with E-state index in [1.807, 2.05) is 42.0 Å². The minimum absolute atomic E-state index is 0.257. The van der Waals surface area contributed by atoms with Crippen molar-refractivity contribution >= 4 is 11.5 Å². The summed E-state index contributed by atoms with van der Waals surface area (Å²) < 4.78 is 16.0. The summed E-state index contributed by atoms with van der Waals surface area (Å²) in [6.45, 7) is 2.34. The molecule has 4 heteroatoms. The Labute approximate surface area is 110 Å². The lowest BCUT2D eigenvalue weighted by Crippen LogP contribution is -2.14. The van der Waals surface area contributed by atoms with Gasteiger partial charge in [-0.2, -0.15) is 0 Å². The zero-order chi connectivity index (χ0) is 13.4. The summed E-state index contributed by atoms with van der Waals surface area (Å²) in [6, 6.07) is 8.83. The molecule has 0 spiro atoms. The highest BCUT2D eigenvalue weighted by molar-refractivity contribution is 6.13. The van der Waals surface area contributed by atoms with Crippen molar-refractivity contribution in [1.82, 2.24) is 4.57 Å². The predicted octanol–water partition coefficient (Wildman–Crippen LogP) is 2.54. The summed E-state index contributed by atoms with van der Waals surface area (Å²) in [4.78, 5) is 4.48. The molecule has 0 fully saturated rings. The Morgan fingerprint density at radius 3 is 2.89 bits per heavy atom. The third-order valence-electron chi connectivity index (χ3n) is 3.28. The van der Waals surface area contributed by atoms with Crippen LogP contribution >= 0.6 is 0 Å². The van der Waals surface area contributed by atoms with Gasteiger partial charge in [-0.3, -0.25) is 4.99 Å². The molecule has 3 nitrogen and oxygen atoms in total. The predicted molar refractivity (Wildman–Crippen MR) is 74.5 cm³/mol. The van der Waals surface area contributed by atoms with E-state index in [1.54, 1.807) is 6.07 Å². The van der Waals surface area contributed by atoms with Gasteiger partial charge in [-0.25, -0.2) is 4.39 Å². The van der Waals surface area contributed by atoms with Crippen LogP contribution in [0.25, 0.3) is 5.82 Å². The first-order chi connectivity index (χ1) is 9.18. The van der Waals surface area contributed by atoms with Crippen molar-refractivity contribution in [3.8, 4) is 0 Å². The van der Waals surface area contributed by atoms with Crippen LogP contribution in [0, 0.1) is 12.7 Å². The summed E-state index contributed by atoms with van der Waals surface area (Å²) in [7, 11) is 0.